The fraction of sp³-hybridized carbons (Fsp3) is 0.467. The molecule has 1 aromatic rings. The highest BCUT2D eigenvalue weighted by Crippen LogP contribution is 2.14. The fourth-order valence-corrected chi connectivity index (χ4v) is 2.25. The number of nitrogens with one attached hydrogen (secondary N) is 1. The van der Waals surface area contributed by atoms with Crippen LogP contribution in [0.25, 0.3) is 0 Å². The SMILES string of the molecule is COc1ccc(C[C@@H](NC(=O)[C@H]2CCCO2)C(=O)O)cc1. The molecule has 1 aliphatic rings. The lowest BCUT2D eigenvalue weighted by Crippen LogP contribution is -2.46. The van der Waals surface area contributed by atoms with E-state index in [-0.39, 0.29) is 12.3 Å². The van der Waals surface area contributed by atoms with Crippen molar-refractivity contribution in [3.05, 3.63) is 29.8 Å². The van der Waals surface area contributed by atoms with Crippen LogP contribution in [0.4, 0.5) is 0 Å². The predicted octanol–water partition coefficient (Wildman–Crippen LogP) is 0.986. The van der Waals surface area contributed by atoms with Gasteiger partial charge in [-0.3, -0.25) is 4.79 Å². The number of carbonyl (C=O) groups is 2. The number of amides is 1. The molecule has 0 aromatic heterocycles. The second kappa shape index (κ2) is 7.08. The molecule has 1 saturated heterocycles. The van der Waals surface area contributed by atoms with Gasteiger partial charge in [0.05, 0.1) is 7.11 Å². The van der Waals surface area contributed by atoms with Gasteiger partial charge in [0.15, 0.2) is 0 Å². The molecule has 6 heteroatoms. The lowest BCUT2D eigenvalue weighted by Gasteiger charge is -2.17. The summed E-state index contributed by atoms with van der Waals surface area (Å²) in [6.45, 7) is 0.550. The van der Waals surface area contributed by atoms with Crippen LogP contribution in [0.1, 0.15) is 18.4 Å². The number of benzene rings is 1. The van der Waals surface area contributed by atoms with Crippen LogP contribution in [0, 0.1) is 0 Å². The maximum absolute atomic E-state index is 11.9. The summed E-state index contributed by atoms with van der Waals surface area (Å²) in [7, 11) is 1.57. The van der Waals surface area contributed by atoms with Crippen LogP contribution in [-0.2, 0) is 20.7 Å². The molecule has 1 aromatic carbocycles. The van der Waals surface area contributed by atoms with Gasteiger partial charge in [0, 0.05) is 13.0 Å². The second-order valence-corrected chi connectivity index (χ2v) is 4.95. The van der Waals surface area contributed by atoms with E-state index in [0.29, 0.717) is 18.8 Å². The molecule has 0 radical (unpaired) electrons. The van der Waals surface area contributed by atoms with Crippen molar-refractivity contribution in [2.45, 2.75) is 31.4 Å². The van der Waals surface area contributed by atoms with Gasteiger partial charge in [-0.15, -0.1) is 0 Å². The van der Waals surface area contributed by atoms with Gasteiger partial charge in [0.1, 0.15) is 17.9 Å². The molecule has 114 valence electrons. The molecule has 0 saturated carbocycles. The van der Waals surface area contributed by atoms with E-state index in [4.69, 9.17) is 9.47 Å². The summed E-state index contributed by atoms with van der Waals surface area (Å²) in [5, 5.41) is 11.8. The van der Waals surface area contributed by atoms with E-state index in [1.807, 2.05) is 0 Å². The number of carboxylic acids is 1. The summed E-state index contributed by atoms with van der Waals surface area (Å²) in [5.41, 5.74) is 0.816. The third-order valence-electron chi connectivity index (χ3n) is 3.44. The van der Waals surface area contributed by atoms with Crippen LogP contribution in [0.5, 0.6) is 5.75 Å². The van der Waals surface area contributed by atoms with Gasteiger partial charge in [0.25, 0.3) is 0 Å². The maximum atomic E-state index is 11.9. The Labute approximate surface area is 123 Å². The lowest BCUT2D eigenvalue weighted by molar-refractivity contribution is -0.143. The summed E-state index contributed by atoms with van der Waals surface area (Å²) < 4.78 is 10.3. The minimum Gasteiger partial charge on any atom is -0.497 e. The first-order valence-electron chi connectivity index (χ1n) is 6.88. The fourth-order valence-electron chi connectivity index (χ4n) is 2.25. The van der Waals surface area contributed by atoms with Crippen LogP contribution >= 0.6 is 0 Å². The minimum atomic E-state index is -1.06. The Kier molecular flexibility index (Phi) is 5.16. The molecular weight excluding hydrogens is 274 g/mol. The molecule has 2 N–H and O–H groups in total. The van der Waals surface area contributed by atoms with Crippen molar-refractivity contribution in [3.8, 4) is 5.75 Å². The largest absolute Gasteiger partial charge is 0.497 e. The first-order chi connectivity index (χ1) is 10.1. The zero-order valence-corrected chi connectivity index (χ0v) is 11.9. The third-order valence-corrected chi connectivity index (χ3v) is 3.44. The molecule has 21 heavy (non-hydrogen) atoms. The number of ether oxygens (including phenoxy) is 2. The van der Waals surface area contributed by atoms with Gasteiger partial charge in [-0.25, -0.2) is 4.79 Å². The highest BCUT2D eigenvalue weighted by molar-refractivity contribution is 5.86. The molecule has 0 unspecified atom stereocenters. The van der Waals surface area contributed by atoms with E-state index in [2.05, 4.69) is 5.32 Å². The predicted molar refractivity (Wildman–Crippen MR) is 75.2 cm³/mol. The van der Waals surface area contributed by atoms with Gasteiger partial charge in [-0.1, -0.05) is 12.1 Å². The Hall–Kier alpha value is -2.08. The van der Waals surface area contributed by atoms with Crippen molar-refractivity contribution in [3.63, 3.8) is 0 Å². The van der Waals surface area contributed by atoms with Crippen molar-refractivity contribution < 1.29 is 24.2 Å². The van der Waals surface area contributed by atoms with E-state index in [9.17, 15) is 14.7 Å². The molecule has 1 aliphatic heterocycles. The van der Waals surface area contributed by atoms with Gasteiger partial charge in [-0.2, -0.15) is 0 Å². The van der Waals surface area contributed by atoms with Crippen molar-refractivity contribution in [1.29, 1.82) is 0 Å². The molecule has 6 nitrogen and oxygen atoms in total. The molecular formula is C15H19NO5. The zero-order chi connectivity index (χ0) is 15.2. The quantitative estimate of drug-likeness (QED) is 0.817. The van der Waals surface area contributed by atoms with Crippen molar-refractivity contribution >= 4 is 11.9 Å². The first-order valence-corrected chi connectivity index (χ1v) is 6.88. The Morgan fingerprint density at radius 1 is 1.43 bits per heavy atom. The van der Waals surface area contributed by atoms with E-state index in [0.717, 1.165) is 12.0 Å². The number of rotatable bonds is 6. The van der Waals surface area contributed by atoms with Gasteiger partial charge < -0.3 is 19.9 Å². The molecule has 0 spiro atoms. The zero-order valence-electron chi connectivity index (χ0n) is 11.9. The van der Waals surface area contributed by atoms with Crippen LogP contribution in [0.3, 0.4) is 0 Å². The van der Waals surface area contributed by atoms with Crippen LogP contribution in [-0.4, -0.2) is 42.8 Å². The average molecular weight is 293 g/mol. The second-order valence-electron chi connectivity index (χ2n) is 4.95. The normalized spacial score (nSPS) is 19.0. The molecule has 2 atom stereocenters. The average Bonchev–Trinajstić information content (AvgIpc) is 3.01. The van der Waals surface area contributed by atoms with Crippen LogP contribution < -0.4 is 10.1 Å². The Morgan fingerprint density at radius 2 is 2.14 bits per heavy atom. The monoisotopic (exact) mass is 293 g/mol. The van der Waals surface area contributed by atoms with E-state index >= 15 is 0 Å². The van der Waals surface area contributed by atoms with Gasteiger partial charge in [-0.05, 0) is 30.5 Å². The third kappa shape index (κ3) is 4.19. The van der Waals surface area contributed by atoms with Gasteiger partial charge >= 0.3 is 5.97 Å². The highest BCUT2D eigenvalue weighted by Gasteiger charge is 2.28. The summed E-state index contributed by atoms with van der Waals surface area (Å²) in [6.07, 6.45) is 1.16. The summed E-state index contributed by atoms with van der Waals surface area (Å²) >= 11 is 0. The molecule has 1 fully saturated rings. The molecule has 2 rings (SSSR count). The first kappa shape index (κ1) is 15.3. The number of hydrogen-bond acceptors (Lipinski definition) is 4. The molecule has 1 amide bonds. The number of carbonyl (C=O) groups excluding carboxylic acids is 1. The Bertz CT molecular complexity index is 493. The van der Waals surface area contributed by atoms with Crippen molar-refractivity contribution in [2.24, 2.45) is 0 Å². The highest BCUT2D eigenvalue weighted by atomic mass is 16.5. The summed E-state index contributed by atoms with van der Waals surface area (Å²) in [6, 6.07) is 6.13. The maximum Gasteiger partial charge on any atom is 0.326 e. The molecule has 0 bridgehead atoms. The number of carboxylic acid groups (broad SMARTS) is 1. The smallest absolute Gasteiger partial charge is 0.326 e. The van der Waals surface area contributed by atoms with Crippen LogP contribution in [0.15, 0.2) is 24.3 Å². The topological polar surface area (TPSA) is 84.9 Å². The Balaban J connectivity index is 1.97. The number of aliphatic carboxylic acids is 1. The number of hydrogen-bond donors (Lipinski definition) is 2. The Morgan fingerprint density at radius 3 is 2.67 bits per heavy atom. The van der Waals surface area contributed by atoms with E-state index < -0.39 is 18.1 Å². The van der Waals surface area contributed by atoms with Crippen LogP contribution in [0.2, 0.25) is 0 Å². The molecule has 1 heterocycles. The summed E-state index contributed by atoms with van der Waals surface area (Å²) in [5.74, 6) is -0.709. The lowest BCUT2D eigenvalue weighted by atomic mass is 10.1. The van der Waals surface area contributed by atoms with E-state index in [1.165, 1.54) is 0 Å². The molecule has 0 aliphatic carbocycles. The standard InChI is InChI=1S/C15H19NO5/c1-20-11-6-4-10(5-7-11)9-12(15(18)19)16-14(17)13-3-2-8-21-13/h4-7,12-13H,2-3,8-9H2,1H3,(H,16,17)(H,18,19)/t12-,13-/m1/s1. The minimum absolute atomic E-state index is 0.220. The summed E-state index contributed by atoms with van der Waals surface area (Å²) in [4.78, 5) is 23.2. The van der Waals surface area contributed by atoms with E-state index in [1.54, 1.807) is 31.4 Å². The van der Waals surface area contributed by atoms with Crippen molar-refractivity contribution in [2.75, 3.05) is 13.7 Å². The number of methoxy groups -OCH3 is 1. The van der Waals surface area contributed by atoms with Gasteiger partial charge in [0.2, 0.25) is 5.91 Å². The van der Waals surface area contributed by atoms with Crippen molar-refractivity contribution in [1.82, 2.24) is 5.32 Å².